The Morgan fingerprint density at radius 2 is 1.96 bits per heavy atom. The monoisotopic (exact) mass is 346 g/mol. The summed E-state index contributed by atoms with van der Waals surface area (Å²) in [6.07, 6.45) is 1.41. The summed E-state index contributed by atoms with van der Waals surface area (Å²) in [5.41, 5.74) is 0.785. The van der Waals surface area contributed by atoms with Crippen molar-refractivity contribution in [1.29, 1.82) is 0 Å². The molecular formula is C18H22N2O5. The van der Waals surface area contributed by atoms with Crippen LogP contribution in [-0.2, 0) is 14.3 Å². The molecule has 1 aromatic rings. The summed E-state index contributed by atoms with van der Waals surface area (Å²) in [7, 11) is 1.34. The Hall–Kier alpha value is -2.57. The standard InChI is InChI=1S/C18H22N2O5/c1-24-17(22)19-10-6-5-9-14(19)15(13-7-3-2-4-8-13)16(21)20-11-12-25-18(20)23/h2-4,7-8,14-15H,5-6,9-12H2,1H3. The molecule has 3 rings (SSSR count). The van der Waals surface area contributed by atoms with Crippen molar-refractivity contribution in [1.82, 2.24) is 9.80 Å². The lowest BCUT2D eigenvalue weighted by Crippen LogP contribution is -2.51. The van der Waals surface area contributed by atoms with Gasteiger partial charge >= 0.3 is 12.2 Å². The van der Waals surface area contributed by atoms with Crippen molar-refractivity contribution in [2.24, 2.45) is 0 Å². The molecule has 2 fully saturated rings. The van der Waals surface area contributed by atoms with Gasteiger partial charge in [0.1, 0.15) is 6.61 Å². The van der Waals surface area contributed by atoms with Crippen molar-refractivity contribution in [3.05, 3.63) is 35.9 Å². The molecule has 7 nitrogen and oxygen atoms in total. The van der Waals surface area contributed by atoms with Gasteiger partial charge in [-0.3, -0.25) is 4.79 Å². The van der Waals surface area contributed by atoms with Gasteiger partial charge in [-0.1, -0.05) is 30.3 Å². The number of carbonyl (C=O) groups excluding carboxylic acids is 3. The minimum atomic E-state index is -0.619. The number of imide groups is 1. The molecule has 134 valence electrons. The van der Waals surface area contributed by atoms with E-state index in [1.807, 2.05) is 30.3 Å². The van der Waals surface area contributed by atoms with Crippen molar-refractivity contribution in [2.45, 2.75) is 31.2 Å². The highest BCUT2D eigenvalue weighted by Crippen LogP contribution is 2.33. The van der Waals surface area contributed by atoms with E-state index in [2.05, 4.69) is 0 Å². The number of piperidine rings is 1. The van der Waals surface area contributed by atoms with Gasteiger partial charge in [-0.25, -0.2) is 14.5 Å². The number of cyclic esters (lactones) is 1. The molecule has 0 saturated carbocycles. The maximum Gasteiger partial charge on any atom is 0.416 e. The molecule has 25 heavy (non-hydrogen) atoms. The Morgan fingerprint density at radius 1 is 1.20 bits per heavy atom. The number of methoxy groups -OCH3 is 1. The van der Waals surface area contributed by atoms with E-state index in [9.17, 15) is 14.4 Å². The molecule has 1 aromatic carbocycles. The molecule has 2 atom stereocenters. The minimum absolute atomic E-state index is 0.206. The zero-order valence-electron chi connectivity index (χ0n) is 14.2. The van der Waals surface area contributed by atoms with E-state index >= 15 is 0 Å². The topological polar surface area (TPSA) is 76.2 Å². The van der Waals surface area contributed by atoms with Crippen LogP contribution in [0.4, 0.5) is 9.59 Å². The second-order valence-electron chi connectivity index (χ2n) is 6.22. The molecule has 3 amide bonds. The third-order valence-corrected chi connectivity index (χ3v) is 4.79. The zero-order valence-corrected chi connectivity index (χ0v) is 14.2. The molecule has 7 heteroatoms. The molecule has 2 unspecified atom stereocenters. The van der Waals surface area contributed by atoms with Crippen LogP contribution in [0.3, 0.4) is 0 Å². The zero-order chi connectivity index (χ0) is 17.8. The highest BCUT2D eigenvalue weighted by atomic mass is 16.6. The summed E-state index contributed by atoms with van der Waals surface area (Å²) in [6.45, 7) is 0.988. The summed E-state index contributed by atoms with van der Waals surface area (Å²) in [6, 6.07) is 8.94. The molecule has 2 aliphatic rings. The van der Waals surface area contributed by atoms with Crippen LogP contribution in [0.2, 0.25) is 0 Å². The lowest BCUT2D eigenvalue weighted by atomic mass is 9.84. The van der Waals surface area contributed by atoms with Gasteiger partial charge in [0, 0.05) is 6.54 Å². The number of amides is 3. The summed E-state index contributed by atoms with van der Waals surface area (Å²) in [5, 5.41) is 0. The van der Waals surface area contributed by atoms with E-state index in [0.717, 1.165) is 23.3 Å². The van der Waals surface area contributed by atoms with E-state index < -0.39 is 18.1 Å². The van der Waals surface area contributed by atoms with Crippen LogP contribution in [0.5, 0.6) is 0 Å². The van der Waals surface area contributed by atoms with Gasteiger partial charge in [0.2, 0.25) is 5.91 Å². The maximum atomic E-state index is 13.2. The fourth-order valence-corrected chi connectivity index (χ4v) is 3.60. The van der Waals surface area contributed by atoms with Gasteiger partial charge in [-0.05, 0) is 24.8 Å². The van der Waals surface area contributed by atoms with E-state index in [1.165, 1.54) is 7.11 Å². The van der Waals surface area contributed by atoms with Crippen LogP contribution in [0.1, 0.15) is 30.7 Å². The Kier molecular flexibility index (Phi) is 5.21. The van der Waals surface area contributed by atoms with Gasteiger partial charge in [-0.2, -0.15) is 0 Å². The highest BCUT2D eigenvalue weighted by Gasteiger charge is 2.42. The molecule has 2 saturated heterocycles. The van der Waals surface area contributed by atoms with Crippen LogP contribution in [0.25, 0.3) is 0 Å². The number of hydrogen-bond donors (Lipinski definition) is 0. The number of hydrogen-bond acceptors (Lipinski definition) is 5. The molecule has 0 spiro atoms. The number of rotatable bonds is 3. The summed E-state index contributed by atoms with van der Waals surface area (Å²) in [5.74, 6) is -0.944. The average molecular weight is 346 g/mol. The van der Waals surface area contributed by atoms with Gasteiger partial charge in [0.05, 0.1) is 25.6 Å². The number of nitrogens with zero attached hydrogens (tertiary/aromatic N) is 2. The smallest absolute Gasteiger partial charge is 0.416 e. The van der Waals surface area contributed by atoms with Gasteiger partial charge < -0.3 is 14.4 Å². The van der Waals surface area contributed by atoms with Crippen LogP contribution in [-0.4, -0.2) is 60.7 Å². The lowest BCUT2D eigenvalue weighted by molar-refractivity contribution is -0.131. The third kappa shape index (κ3) is 3.45. The summed E-state index contributed by atoms with van der Waals surface area (Å²) >= 11 is 0. The highest BCUT2D eigenvalue weighted by molar-refractivity contribution is 5.97. The first kappa shape index (κ1) is 17.3. The van der Waals surface area contributed by atoms with Gasteiger partial charge in [-0.15, -0.1) is 0 Å². The first-order valence-corrected chi connectivity index (χ1v) is 8.51. The molecular weight excluding hydrogens is 324 g/mol. The van der Waals surface area contributed by atoms with E-state index in [4.69, 9.17) is 9.47 Å². The number of benzene rings is 1. The lowest BCUT2D eigenvalue weighted by Gasteiger charge is -2.39. The van der Waals surface area contributed by atoms with Crippen LogP contribution < -0.4 is 0 Å². The normalized spacial score (nSPS) is 21.6. The minimum Gasteiger partial charge on any atom is -0.453 e. The van der Waals surface area contributed by atoms with Crippen molar-refractivity contribution in [3.8, 4) is 0 Å². The molecule has 0 aromatic heterocycles. The second-order valence-corrected chi connectivity index (χ2v) is 6.22. The van der Waals surface area contributed by atoms with Crippen molar-refractivity contribution < 1.29 is 23.9 Å². The largest absolute Gasteiger partial charge is 0.453 e. The fourth-order valence-electron chi connectivity index (χ4n) is 3.60. The molecule has 0 N–H and O–H groups in total. The summed E-state index contributed by atoms with van der Waals surface area (Å²) < 4.78 is 9.82. The fraction of sp³-hybridized carbons (Fsp3) is 0.500. The third-order valence-electron chi connectivity index (χ3n) is 4.79. The Labute approximate surface area is 146 Å². The maximum absolute atomic E-state index is 13.2. The molecule has 0 bridgehead atoms. The Bertz CT molecular complexity index is 648. The molecule has 2 heterocycles. The average Bonchev–Trinajstić information content (AvgIpc) is 3.08. The van der Waals surface area contributed by atoms with E-state index in [-0.39, 0.29) is 25.1 Å². The molecule has 0 aliphatic carbocycles. The van der Waals surface area contributed by atoms with Crippen LogP contribution in [0, 0.1) is 0 Å². The van der Waals surface area contributed by atoms with Gasteiger partial charge in [0.25, 0.3) is 0 Å². The molecule has 0 radical (unpaired) electrons. The van der Waals surface area contributed by atoms with Crippen molar-refractivity contribution in [3.63, 3.8) is 0 Å². The van der Waals surface area contributed by atoms with Crippen molar-refractivity contribution >= 4 is 18.1 Å². The predicted octanol–water partition coefficient (Wildman–Crippen LogP) is 2.37. The first-order chi connectivity index (χ1) is 12.1. The van der Waals surface area contributed by atoms with Crippen LogP contribution >= 0.6 is 0 Å². The first-order valence-electron chi connectivity index (χ1n) is 8.51. The number of likely N-dealkylation sites (tertiary alicyclic amines) is 1. The Balaban J connectivity index is 1.96. The second kappa shape index (κ2) is 7.55. The number of carbonyl (C=O) groups is 3. The Morgan fingerprint density at radius 3 is 2.60 bits per heavy atom. The summed E-state index contributed by atoms with van der Waals surface area (Å²) in [4.78, 5) is 40.0. The SMILES string of the molecule is COC(=O)N1CCCCC1C(C(=O)N1CCOC1=O)c1ccccc1. The predicted molar refractivity (Wildman–Crippen MR) is 89.0 cm³/mol. The van der Waals surface area contributed by atoms with Crippen LogP contribution in [0.15, 0.2) is 30.3 Å². The van der Waals surface area contributed by atoms with Gasteiger partial charge in [0.15, 0.2) is 0 Å². The van der Waals surface area contributed by atoms with E-state index in [1.54, 1.807) is 4.90 Å². The molecule has 2 aliphatic heterocycles. The van der Waals surface area contributed by atoms with Crippen molar-refractivity contribution in [2.75, 3.05) is 26.8 Å². The van der Waals surface area contributed by atoms with E-state index in [0.29, 0.717) is 13.0 Å². The quantitative estimate of drug-likeness (QED) is 0.840. The number of ether oxygens (including phenoxy) is 2.